The SMILES string of the molecule is CC(=O)c1ccccc1NS(=O)(=O)c1ccc(OCCCC(=O)O)c(C)c1. The largest absolute Gasteiger partial charge is 0.493 e. The van der Waals surface area contributed by atoms with Crippen LogP contribution in [0, 0.1) is 6.92 Å². The molecule has 0 aliphatic heterocycles. The zero-order valence-corrected chi connectivity index (χ0v) is 15.9. The maximum Gasteiger partial charge on any atom is 0.303 e. The minimum Gasteiger partial charge on any atom is -0.493 e. The van der Waals surface area contributed by atoms with E-state index >= 15 is 0 Å². The van der Waals surface area contributed by atoms with E-state index in [4.69, 9.17) is 9.84 Å². The number of para-hydroxylation sites is 1. The number of carboxylic acid groups (broad SMARTS) is 1. The molecule has 2 aromatic rings. The quantitative estimate of drug-likeness (QED) is 0.502. The van der Waals surface area contributed by atoms with Crippen molar-refractivity contribution in [2.75, 3.05) is 11.3 Å². The average molecular weight is 391 g/mol. The van der Waals surface area contributed by atoms with E-state index in [2.05, 4.69) is 4.72 Å². The Morgan fingerprint density at radius 3 is 2.48 bits per heavy atom. The van der Waals surface area contributed by atoms with Crippen molar-refractivity contribution in [1.29, 1.82) is 0 Å². The molecule has 0 aromatic heterocycles. The molecule has 0 saturated carbocycles. The van der Waals surface area contributed by atoms with Crippen LogP contribution < -0.4 is 9.46 Å². The molecule has 0 atom stereocenters. The number of ether oxygens (including phenoxy) is 1. The highest BCUT2D eigenvalue weighted by atomic mass is 32.2. The summed E-state index contributed by atoms with van der Waals surface area (Å²) in [4.78, 5) is 22.2. The number of anilines is 1. The number of hydrogen-bond acceptors (Lipinski definition) is 5. The molecule has 0 saturated heterocycles. The van der Waals surface area contributed by atoms with Crippen molar-refractivity contribution >= 4 is 27.5 Å². The van der Waals surface area contributed by atoms with Crippen LogP contribution in [0.1, 0.15) is 35.7 Å². The molecule has 144 valence electrons. The average Bonchev–Trinajstić information content (AvgIpc) is 2.59. The fraction of sp³-hybridized carbons (Fsp3) is 0.263. The zero-order valence-electron chi connectivity index (χ0n) is 15.1. The number of carboxylic acids is 1. The summed E-state index contributed by atoms with van der Waals surface area (Å²) in [6.45, 7) is 3.30. The number of benzene rings is 2. The summed E-state index contributed by atoms with van der Waals surface area (Å²) in [5, 5.41) is 8.62. The van der Waals surface area contributed by atoms with Gasteiger partial charge in [0.1, 0.15) is 5.75 Å². The lowest BCUT2D eigenvalue weighted by Crippen LogP contribution is -2.15. The number of ketones is 1. The Bertz CT molecular complexity index is 952. The lowest BCUT2D eigenvalue weighted by Gasteiger charge is -2.13. The first kappa shape index (κ1) is 20.4. The lowest BCUT2D eigenvalue weighted by molar-refractivity contribution is -0.137. The minimum atomic E-state index is -3.88. The van der Waals surface area contributed by atoms with Gasteiger partial charge in [0.15, 0.2) is 5.78 Å². The van der Waals surface area contributed by atoms with Gasteiger partial charge in [-0.3, -0.25) is 14.3 Å². The molecule has 0 heterocycles. The van der Waals surface area contributed by atoms with Gasteiger partial charge in [0.25, 0.3) is 10.0 Å². The number of Topliss-reactive ketones (excluding diaryl/α,β-unsaturated/α-hetero) is 1. The van der Waals surface area contributed by atoms with Crippen LogP contribution in [-0.4, -0.2) is 31.9 Å². The van der Waals surface area contributed by atoms with Gasteiger partial charge in [0, 0.05) is 12.0 Å². The van der Waals surface area contributed by atoms with Gasteiger partial charge in [-0.05, 0) is 56.2 Å². The predicted octanol–water partition coefficient (Wildman–Crippen LogP) is 3.24. The van der Waals surface area contributed by atoms with Crippen LogP contribution in [0.25, 0.3) is 0 Å². The fourth-order valence-corrected chi connectivity index (χ4v) is 3.60. The molecule has 0 bridgehead atoms. The van der Waals surface area contributed by atoms with E-state index in [9.17, 15) is 18.0 Å². The Hall–Kier alpha value is -2.87. The Labute approximate surface area is 158 Å². The molecule has 2 rings (SSSR count). The standard InChI is InChI=1S/C19H21NO6S/c1-13-12-15(9-10-18(13)26-11-5-8-19(22)23)27(24,25)20-17-7-4-3-6-16(17)14(2)21/h3-4,6-7,9-10,12,20H,5,8,11H2,1-2H3,(H,22,23). The normalized spacial score (nSPS) is 11.0. The van der Waals surface area contributed by atoms with Crippen molar-refractivity contribution in [3.63, 3.8) is 0 Å². The van der Waals surface area contributed by atoms with Gasteiger partial charge in [-0.15, -0.1) is 0 Å². The molecule has 0 unspecified atom stereocenters. The molecular weight excluding hydrogens is 370 g/mol. The number of aliphatic carboxylic acids is 1. The van der Waals surface area contributed by atoms with E-state index < -0.39 is 16.0 Å². The Kier molecular flexibility index (Phi) is 6.57. The van der Waals surface area contributed by atoms with E-state index in [1.54, 1.807) is 25.1 Å². The van der Waals surface area contributed by atoms with Crippen LogP contribution >= 0.6 is 0 Å². The van der Waals surface area contributed by atoms with Crippen LogP contribution in [0.3, 0.4) is 0 Å². The van der Waals surface area contributed by atoms with Crippen molar-refractivity contribution < 1.29 is 27.9 Å². The molecule has 8 heteroatoms. The van der Waals surface area contributed by atoms with E-state index in [-0.39, 0.29) is 35.0 Å². The highest BCUT2D eigenvalue weighted by Crippen LogP contribution is 2.25. The molecule has 0 radical (unpaired) electrons. The predicted molar refractivity (Wildman–Crippen MR) is 101 cm³/mol. The van der Waals surface area contributed by atoms with E-state index in [0.29, 0.717) is 17.7 Å². The summed E-state index contributed by atoms with van der Waals surface area (Å²) in [6.07, 6.45) is 0.364. The summed E-state index contributed by atoms with van der Waals surface area (Å²) < 4.78 is 33.2. The minimum absolute atomic E-state index is 0.00495. The highest BCUT2D eigenvalue weighted by molar-refractivity contribution is 7.92. The third kappa shape index (κ3) is 5.55. The fourth-order valence-electron chi connectivity index (χ4n) is 2.44. The van der Waals surface area contributed by atoms with Crippen molar-refractivity contribution in [3.8, 4) is 5.75 Å². The number of hydrogen-bond donors (Lipinski definition) is 2. The molecule has 0 aliphatic carbocycles. The van der Waals surface area contributed by atoms with E-state index in [0.717, 1.165) is 0 Å². The van der Waals surface area contributed by atoms with E-state index in [1.165, 1.54) is 31.2 Å². The topological polar surface area (TPSA) is 110 Å². The first-order chi connectivity index (χ1) is 12.7. The second-order valence-corrected chi connectivity index (χ2v) is 7.66. The monoisotopic (exact) mass is 391 g/mol. The van der Waals surface area contributed by atoms with Gasteiger partial charge in [0.2, 0.25) is 0 Å². The second-order valence-electron chi connectivity index (χ2n) is 5.98. The Balaban J connectivity index is 2.16. The first-order valence-electron chi connectivity index (χ1n) is 8.29. The summed E-state index contributed by atoms with van der Waals surface area (Å²) in [7, 11) is -3.88. The molecule has 0 fully saturated rings. The van der Waals surface area contributed by atoms with Gasteiger partial charge in [-0.2, -0.15) is 0 Å². The maximum absolute atomic E-state index is 12.6. The summed E-state index contributed by atoms with van der Waals surface area (Å²) >= 11 is 0. The van der Waals surface area contributed by atoms with Crippen LogP contribution in [0.15, 0.2) is 47.4 Å². The lowest BCUT2D eigenvalue weighted by atomic mass is 10.1. The smallest absolute Gasteiger partial charge is 0.303 e. The third-order valence-electron chi connectivity index (χ3n) is 3.80. The Morgan fingerprint density at radius 2 is 1.85 bits per heavy atom. The van der Waals surface area contributed by atoms with Crippen molar-refractivity contribution in [3.05, 3.63) is 53.6 Å². The number of carbonyl (C=O) groups excluding carboxylic acids is 1. The molecule has 7 nitrogen and oxygen atoms in total. The van der Waals surface area contributed by atoms with Gasteiger partial charge in [-0.25, -0.2) is 8.42 Å². The molecule has 0 amide bonds. The second kappa shape index (κ2) is 8.68. The van der Waals surface area contributed by atoms with Crippen molar-refractivity contribution in [2.45, 2.75) is 31.6 Å². The summed E-state index contributed by atoms with van der Waals surface area (Å²) in [6, 6.07) is 10.8. The molecule has 0 spiro atoms. The molecule has 2 aromatic carbocycles. The van der Waals surface area contributed by atoms with Gasteiger partial charge < -0.3 is 9.84 Å². The molecule has 2 N–H and O–H groups in total. The number of aryl methyl sites for hydroxylation is 1. The maximum atomic E-state index is 12.6. The summed E-state index contributed by atoms with van der Waals surface area (Å²) in [5.41, 5.74) is 1.11. The van der Waals surface area contributed by atoms with Crippen LogP contribution in [0.2, 0.25) is 0 Å². The number of carbonyl (C=O) groups is 2. The number of rotatable bonds is 9. The highest BCUT2D eigenvalue weighted by Gasteiger charge is 2.18. The summed E-state index contributed by atoms with van der Waals surface area (Å²) in [5.74, 6) is -0.647. The third-order valence-corrected chi connectivity index (χ3v) is 5.16. The van der Waals surface area contributed by atoms with Crippen molar-refractivity contribution in [1.82, 2.24) is 0 Å². The molecule has 0 aliphatic rings. The van der Waals surface area contributed by atoms with Crippen LogP contribution in [0.5, 0.6) is 5.75 Å². The van der Waals surface area contributed by atoms with Crippen LogP contribution in [-0.2, 0) is 14.8 Å². The zero-order chi connectivity index (χ0) is 20.0. The molecule has 27 heavy (non-hydrogen) atoms. The van der Waals surface area contributed by atoms with Gasteiger partial charge in [0.05, 0.1) is 17.2 Å². The van der Waals surface area contributed by atoms with Gasteiger partial charge >= 0.3 is 5.97 Å². The Morgan fingerprint density at radius 1 is 1.15 bits per heavy atom. The number of nitrogens with one attached hydrogen (secondary N) is 1. The first-order valence-corrected chi connectivity index (χ1v) is 9.77. The van der Waals surface area contributed by atoms with E-state index in [1.807, 2.05) is 0 Å². The van der Waals surface area contributed by atoms with Crippen molar-refractivity contribution in [2.24, 2.45) is 0 Å². The van der Waals surface area contributed by atoms with Crippen LogP contribution in [0.4, 0.5) is 5.69 Å². The molecular formula is C19H21NO6S. The van der Waals surface area contributed by atoms with Gasteiger partial charge in [-0.1, -0.05) is 12.1 Å². The number of sulfonamides is 1.